The first-order valence-corrected chi connectivity index (χ1v) is 8.49. The van der Waals surface area contributed by atoms with Crippen molar-refractivity contribution in [1.82, 2.24) is 9.38 Å². The number of hydrogen-bond donors (Lipinski definition) is 1. The molecular formula is C19H23N5O. The maximum atomic E-state index is 9.91. The van der Waals surface area contributed by atoms with Gasteiger partial charge in [0.15, 0.2) is 17.2 Å². The van der Waals surface area contributed by atoms with Crippen LogP contribution in [0.15, 0.2) is 46.8 Å². The lowest BCUT2D eigenvalue weighted by Gasteiger charge is -2.21. The summed E-state index contributed by atoms with van der Waals surface area (Å²) in [5.41, 5.74) is 4.30. The van der Waals surface area contributed by atoms with Crippen molar-refractivity contribution in [2.45, 2.75) is 27.7 Å². The molecule has 0 unspecified atom stereocenters. The van der Waals surface area contributed by atoms with Gasteiger partial charge < -0.3 is 10.0 Å². The molecule has 0 spiro atoms. The van der Waals surface area contributed by atoms with Crippen LogP contribution in [0, 0.1) is 13.8 Å². The van der Waals surface area contributed by atoms with Gasteiger partial charge in [0, 0.05) is 25.0 Å². The molecule has 6 heteroatoms. The molecule has 0 bridgehead atoms. The molecule has 1 N–H and O–H groups in total. The minimum atomic E-state index is 0.131. The van der Waals surface area contributed by atoms with Crippen molar-refractivity contribution in [2.24, 2.45) is 10.2 Å². The number of imidazole rings is 1. The van der Waals surface area contributed by atoms with Gasteiger partial charge in [-0.05, 0) is 63.6 Å². The second-order valence-electron chi connectivity index (χ2n) is 5.95. The molecule has 0 radical (unpaired) electrons. The van der Waals surface area contributed by atoms with Gasteiger partial charge in [0.25, 0.3) is 0 Å². The summed E-state index contributed by atoms with van der Waals surface area (Å²) >= 11 is 0. The van der Waals surface area contributed by atoms with Gasteiger partial charge in [0.2, 0.25) is 0 Å². The Kier molecular flexibility index (Phi) is 4.70. The Labute approximate surface area is 147 Å². The minimum Gasteiger partial charge on any atom is -0.504 e. The number of aryl methyl sites for hydroxylation is 2. The lowest BCUT2D eigenvalue weighted by molar-refractivity contribution is 0.477. The molecule has 130 valence electrons. The summed E-state index contributed by atoms with van der Waals surface area (Å²) in [5.74, 6) is 0.755. The van der Waals surface area contributed by atoms with Gasteiger partial charge in [0.05, 0.1) is 11.4 Å². The van der Waals surface area contributed by atoms with Crippen molar-refractivity contribution in [3.63, 3.8) is 0 Å². The van der Waals surface area contributed by atoms with Crippen LogP contribution in [0.25, 0.3) is 5.65 Å². The van der Waals surface area contributed by atoms with Crippen molar-refractivity contribution >= 4 is 22.8 Å². The molecule has 6 nitrogen and oxygen atoms in total. The summed E-state index contributed by atoms with van der Waals surface area (Å²) in [4.78, 5) is 6.66. The molecule has 3 aromatic rings. The number of hydrogen-bond acceptors (Lipinski definition) is 5. The summed E-state index contributed by atoms with van der Waals surface area (Å²) in [5, 5.41) is 18.7. The van der Waals surface area contributed by atoms with Gasteiger partial charge in [-0.3, -0.25) is 4.40 Å². The number of aromatic hydroxyl groups is 1. The lowest BCUT2D eigenvalue weighted by atomic mass is 10.1. The second kappa shape index (κ2) is 6.93. The number of aromatic nitrogens is 2. The largest absolute Gasteiger partial charge is 0.504 e. The second-order valence-corrected chi connectivity index (χ2v) is 5.95. The summed E-state index contributed by atoms with van der Waals surface area (Å²) < 4.78 is 1.74. The molecule has 0 amide bonds. The quantitative estimate of drug-likeness (QED) is 0.672. The van der Waals surface area contributed by atoms with Crippen LogP contribution in [0.2, 0.25) is 0 Å². The third kappa shape index (κ3) is 3.20. The Balaban J connectivity index is 1.95. The van der Waals surface area contributed by atoms with Crippen LogP contribution >= 0.6 is 0 Å². The Morgan fingerprint density at radius 1 is 1.12 bits per heavy atom. The highest BCUT2D eigenvalue weighted by Gasteiger charge is 2.11. The van der Waals surface area contributed by atoms with Crippen LogP contribution in [0.3, 0.4) is 0 Å². The molecule has 3 rings (SSSR count). The van der Waals surface area contributed by atoms with E-state index >= 15 is 0 Å². The number of nitrogens with zero attached hydrogens (tertiary/aromatic N) is 5. The molecule has 25 heavy (non-hydrogen) atoms. The van der Waals surface area contributed by atoms with Crippen LogP contribution in [0.4, 0.5) is 17.2 Å². The van der Waals surface area contributed by atoms with Crippen molar-refractivity contribution in [2.75, 3.05) is 18.0 Å². The fourth-order valence-corrected chi connectivity index (χ4v) is 2.91. The van der Waals surface area contributed by atoms with Crippen LogP contribution in [0.5, 0.6) is 5.75 Å². The van der Waals surface area contributed by atoms with Gasteiger partial charge in [-0.15, -0.1) is 10.2 Å². The van der Waals surface area contributed by atoms with Gasteiger partial charge in [-0.2, -0.15) is 0 Å². The first kappa shape index (κ1) is 17.0. The number of fused-ring (bicyclic) bond motifs is 1. The summed E-state index contributed by atoms with van der Waals surface area (Å²) in [6.45, 7) is 10.1. The summed E-state index contributed by atoms with van der Waals surface area (Å²) in [6, 6.07) is 9.56. The van der Waals surface area contributed by atoms with Crippen molar-refractivity contribution < 1.29 is 5.11 Å². The molecule has 2 aromatic heterocycles. The molecule has 0 saturated heterocycles. The van der Waals surface area contributed by atoms with Crippen LogP contribution in [-0.4, -0.2) is 27.6 Å². The van der Waals surface area contributed by atoms with E-state index in [9.17, 15) is 5.11 Å². The zero-order chi connectivity index (χ0) is 18.0. The van der Waals surface area contributed by atoms with Crippen LogP contribution in [-0.2, 0) is 0 Å². The summed E-state index contributed by atoms with van der Waals surface area (Å²) in [6.07, 6.45) is 1.82. The Morgan fingerprint density at radius 3 is 2.56 bits per heavy atom. The highest BCUT2D eigenvalue weighted by molar-refractivity contribution is 5.61. The molecule has 0 saturated carbocycles. The monoisotopic (exact) mass is 337 g/mol. The maximum absolute atomic E-state index is 9.91. The number of anilines is 1. The highest BCUT2D eigenvalue weighted by atomic mass is 16.3. The van der Waals surface area contributed by atoms with E-state index in [2.05, 4.69) is 46.1 Å². The van der Waals surface area contributed by atoms with E-state index in [1.165, 1.54) is 5.69 Å². The van der Waals surface area contributed by atoms with Gasteiger partial charge >= 0.3 is 0 Å². The van der Waals surface area contributed by atoms with E-state index in [-0.39, 0.29) is 5.75 Å². The SMILES string of the molecule is CCN(CC)c1ccc(N=Nc2c(C)nc3c(O)cccn23)c(C)c1. The Morgan fingerprint density at radius 2 is 1.88 bits per heavy atom. The van der Waals surface area contributed by atoms with E-state index in [1.54, 1.807) is 16.5 Å². The Bertz CT molecular complexity index is 925. The molecule has 0 aliphatic rings. The predicted molar refractivity (Wildman–Crippen MR) is 101 cm³/mol. The molecule has 0 atom stereocenters. The van der Waals surface area contributed by atoms with E-state index in [0.29, 0.717) is 11.5 Å². The lowest BCUT2D eigenvalue weighted by Crippen LogP contribution is -2.21. The normalized spacial score (nSPS) is 11.5. The van der Waals surface area contributed by atoms with Crippen molar-refractivity contribution in [3.8, 4) is 5.75 Å². The summed E-state index contributed by atoms with van der Waals surface area (Å²) in [7, 11) is 0. The average molecular weight is 337 g/mol. The highest BCUT2D eigenvalue weighted by Crippen LogP contribution is 2.29. The van der Waals surface area contributed by atoms with Crippen LogP contribution in [0.1, 0.15) is 25.1 Å². The third-order valence-corrected chi connectivity index (χ3v) is 4.33. The standard InChI is InChI=1S/C19H23N5O/c1-5-23(6-2)15-9-10-16(13(3)12-15)21-22-18-14(4)20-19-17(25)8-7-11-24(18)19/h7-12,25H,5-6H2,1-4H3. The topological polar surface area (TPSA) is 65.5 Å². The molecule has 0 aliphatic carbocycles. The first-order valence-electron chi connectivity index (χ1n) is 8.49. The smallest absolute Gasteiger partial charge is 0.182 e. The molecule has 0 aliphatic heterocycles. The van der Waals surface area contributed by atoms with E-state index in [4.69, 9.17) is 0 Å². The van der Waals surface area contributed by atoms with Gasteiger partial charge in [0.1, 0.15) is 0 Å². The Hall–Kier alpha value is -2.89. The molecular weight excluding hydrogens is 314 g/mol. The predicted octanol–water partition coefficient (Wildman–Crippen LogP) is 4.92. The fourth-order valence-electron chi connectivity index (χ4n) is 2.91. The average Bonchev–Trinajstić information content (AvgIpc) is 2.92. The molecule has 2 heterocycles. The van der Waals surface area contributed by atoms with Crippen molar-refractivity contribution in [3.05, 3.63) is 47.8 Å². The third-order valence-electron chi connectivity index (χ3n) is 4.33. The fraction of sp³-hybridized carbons (Fsp3) is 0.316. The zero-order valence-electron chi connectivity index (χ0n) is 15.1. The number of benzene rings is 1. The van der Waals surface area contributed by atoms with Gasteiger partial charge in [-0.25, -0.2) is 4.98 Å². The minimum absolute atomic E-state index is 0.131. The first-order chi connectivity index (χ1) is 12.0. The zero-order valence-corrected chi connectivity index (χ0v) is 15.1. The maximum Gasteiger partial charge on any atom is 0.182 e. The van der Waals surface area contributed by atoms with Crippen molar-refractivity contribution in [1.29, 1.82) is 0 Å². The van der Waals surface area contributed by atoms with E-state index in [0.717, 1.165) is 30.0 Å². The van der Waals surface area contributed by atoms with Gasteiger partial charge in [-0.1, -0.05) is 0 Å². The number of pyridine rings is 1. The van der Waals surface area contributed by atoms with E-state index < -0.39 is 0 Å². The van der Waals surface area contributed by atoms with Crippen LogP contribution < -0.4 is 4.90 Å². The van der Waals surface area contributed by atoms with E-state index in [1.807, 2.05) is 26.1 Å². The molecule has 0 fully saturated rings. The number of rotatable bonds is 5. The molecule has 1 aromatic carbocycles. The number of azo groups is 1.